The van der Waals surface area contributed by atoms with E-state index in [0.29, 0.717) is 6.54 Å². The Bertz CT molecular complexity index is 475. The number of fused-ring (bicyclic) bond motifs is 1. The van der Waals surface area contributed by atoms with E-state index < -0.39 is 0 Å². The van der Waals surface area contributed by atoms with Crippen LogP contribution >= 0.6 is 0 Å². The molecule has 2 rings (SSSR count). The number of benzene rings is 1. The van der Waals surface area contributed by atoms with E-state index in [1.165, 1.54) is 5.52 Å². The second-order valence-electron chi connectivity index (χ2n) is 3.98. The molecule has 16 heavy (non-hydrogen) atoms. The van der Waals surface area contributed by atoms with Gasteiger partial charge in [-0.3, -0.25) is 0 Å². The fourth-order valence-corrected chi connectivity index (χ4v) is 1.94. The average Bonchev–Trinajstić information content (AvgIpc) is 2.64. The maximum Gasteiger partial charge on any atom is 0.126 e. The molecular weight excluding hydrogens is 200 g/mol. The van der Waals surface area contributed by atoms with Gasteiger partial charge in [-0.2, -0.15) is 0 Å². The minimum Gasteiger partial charge on any atom is -0.330 e. The first-order chi connectivity index (χ1) is 7.74. The molecule has 0 spiro atoms. The van der Waals surface area contributed by atoms with Crippen molar-refractivity contribution in [3.63, 3.8) is 0 Å². The number of hydrogen-bond donors (Lipinski definition) is 2. The Morgan fingerprint density at radius 2 is 2.19 bits per heavy atom. The van der Waals surface area contributed by atoms with Gasteiger partial charge in [0.1, 0.15) is 5.82 Å². The molecule has 0 aliphatic heterocycles. The third-order valence-electron chi connectivity index (χ3n) is 2.80. The third kappa shape index (κ3) is 1.94. The van der Waals surface area contributed by atoms with E-state index in [4.69, 9.17) is 5.73 Å². The van der Waals surface area contributed by atoms with Crippen LogP contribution in [0.25, 0.3) is 11.0 Å². The number of hydrogen-bond acceptors (Lipinski definition) is 3. The van der Waals surface area contributed by atoms with Gasteiger partial charge >= 0.3 is 0 Å². The molecule has 1 aromatic heterocycles. The van der Waals surface area contributed by atoms with E-state index in [9.17, 15) is 0 Å². The molecule has 3 N–H and O–H groups in total. The molecule has 2 aromatic rings. The zero-order valence-corrected chi connectivity index (χ0v) is 9.77. The predicted octanol–water partition coefficient (Wildman–Crippen LogP) is 1.18. The number of rotatable bonds is 4. The van der Waals surface area contributed by atoms with Crippen molar-refractivity contribution < 1.29 is 0 Å². The Balaban J connectivity index is 2.33. The maximum absolute atomic E-state index is 5.48. The summed E-state index contributed by atoms with van der Waals surface area (Å²) in [5.74, 6) is 1.05. The number of nitrogens with one attached hydrogen (secondary N) is 1. The highest BCUT2D eigenvalue weighted by Gasteiger charge is 2.12. The maximum atomic E-state index is 5.48. The first-order valence-corrected chi connectivity index (χ1v) is 5.59. The zero-order valence-electron chi connectivity index (χ0n) is 9.77. The standard InChI is InChI=1S/C12H18N4/c1-9(14-8-7-13)12-15-10-5-3-4-6-11(10)16(12)2/h3-6,9,14H,7-8,13H2,1-2H3. The minimum absolute atomic E-state index is 0.223. The molecule has 1 aromatic carbocycles. The Labute approximate surface area is 95.5 Å². The predicted molar refractivity (Wildman–Crippen MR) is 66.2 cm³/mol. The lowest BCUT2D eigenvalue weighted by molar-refractivity contribution is 0.540. The van der Waals surface area contributed by atoms with Gasteiger partial charge < -0.3 is 15.6 Å². The molecule has 1 heterocycles. The van der Waals surface area contributed by atoms with Gasteiger partial charge in [0.25, 0.3) is 0 Å². The van der Waals surface area contributed by atoms with Crippen molar-refractivity contribution >= 4 is 11.0 Å². The molecule has 0 amide bonds. The molecule has 0 aliphatic carbocycles. The average molecular weight is 218 g/mol. The monoisotopic (exact) mass is 218 g/mol. The van der Waals surface area contributed by atoms with E-state index >= 15 is 0 Å². The van der Waals surface area contributed by atoms with Gasteiger partial charge in [0.15, 0.2) is 0 Å². The molecule has 4 nitrogen and oxygen atoms in total. The van der Waals surface area contributed by atoms with Crippen LogP contribution < -0.4 is 11.1 Å². The fraction of sp³-hybridized carbons (Fsp3) is 0.417. The highest BCUT2D eigenvalue weighted by Crippen LogP contribution is 2.18. The van der Waals surface area contributed by atoms with Crippen LogP contribution in [0.1, 0.15) is 18.8 Å². The summed E-state index contributed by atoms with van der Waals surface area (Å²) >= 11 is 0. The molecule has 0 aliphatic rings. The highest BCUT2D eigenvalue weighted by molar-refractivity contribution is 5.75. The summed E-state index contributed by atoms with van der Waals surface area (Å²) in [7, 11) is 2.05. The van der Waals surface area contributed by atoms with Crippen LogP contribution in [-0.4, -0.2) is 22.6 Å². The van der Waals surface area contributed by atoms with Crippen LogP contribution in [0.15, 0.2) is 24.3 Å². The van der Waals surface area contributed by atoms with E-state index in [0.717, 1.165) is 17.9 Å². The van der Waals surface area contributed by atoms with Crippen molar-refractivity contribution in [3.8, 4) is 0 Å². The van der Waals surface area contributed by atoms with Crippen LogP contribution in [0.4, 0.5) is 0 Å². The molecule has 1 unspecified atom stereocenters. The largest absolute Gasteiger partial charge is 0.330 e. The minimum atomic E-state index is 0.223. The molecule has 0 fully saturated rings. The summed E-state index contributed by atoms with van der Waals surface area (Å²) < 4.78 is 2.13. The van der Waals surface area contributed by atoms with E-state index in [-0.39, 0.29) is 6.04 Å². The lowest BCUT2D eigenvalue weighted by Crippen LogP contribution is -2.27. The molecule has 0 bridgehead atoms. The quantitative estimate of drug-likeness (QED) is 0.810. The highest BCUT2D eigenvalue weighted by atomic mass is 15.1. The molecule has 4 heteroatoms. The molecule has 0 saturated carbocycles. The van der Waals surface area contributed by atoms with Gasteiger partial charge in [-0.05, 0) is 19.1 Å². The molecule has 0 saturated heterocycles. The number of imidazole rings is 1. The van der Waals surface area contributed by atoms with Crippen LogP contribution in [0.5, 0.6) is 0 Å². The summed E-state index contributed by atoms with van der Waals surface area (Å²) in [4.78, 5) is 4.62. The number of aryl methyl sites for hydroxylation is 1. The summed E-state index contributed by atoms with van der Waals surface area (Å²) in [6.45, 7) is 3.57. The van der Waals surface area contributed by atoms with Crippen molar-refractivity contribution in [2.24, 2.45) is 12.8 Å². The van der Waals surface area contributed by atoms with Gasteiger partial charge in [-0.15, -0.1) is 0 Å². The van der Waals surface area contributed by atoms with Gasteiger partial charge in [0.05, 0.1) is 17.1 Å². The Morgan fingerprint density at radius 1 is 1.44 bits per heavy atom. The van der Waals surface area contributed by atoms with Crippen molar-refractivity contribution in [2.75, 3.05) is 13.1 Å². The second kappa shape index (κ2) is 4.63. The topological polar surface area (TPSA) is 55.9 Å². The number of nitrogens with two attached hydrogens (primary N) is 1. The lowest BCUT2D eigenvalue weighted by atomic mass is 10.3. The van der Waals surface area contributed by atoms with Crippen LogP contribution in [0.3, 0.4) is 0 Å². The van der Waals surface area contributed by atoms with Crippen molar-refractivity contribution in [1.29, 1.82) is 0 Å². The molecular formula is C12H18N4. The SMILES string of the molecule is CC(NCCN)c1nc2ccccc2n1C. The zero-order chi connectivity index (χ0) is 11.5. The van der Waals surface area contributed by atoms with E-state index in [1.54, 1.807) is 0 Å². The molecule has 1 atom stereocenters. The molecule has 86 valence electrons. The van der Waals surface area contributed by atoms with Crippen molar-refractivity contribution in [3.05, 3.63) is 30.1 Å². The smallest absolute Gasteiger partial charge is 0.126 e. The summed E-state index contributed by atoms with van der Waals surface area (Å²) in [5, 5.41) is 3.34. The van der Waals surface area contributed by atoms with E-state index in [2.05, 4.69) is 27.9 Å². The van der Waals surface area contributed by atoms with Gasteiger partial charge in [0.2, 0.25) is 0 Å². The first kappa shape index (κ1) is 11.1. The third-order valence-corrected chi connectivity index (χ3v) is 2.80. The second-order valence-corrected chi connectivity index (χ2v) is 3.98. The summed E-state index contributed by atoms with van der Waals surface area (Å²) in [5.41, 5.74) is 7.69. The fourth-order valence-electron chi connectivity index (χ4n) is 1.94. The van der Waals surface area contributed by atoms with Crippen LogP contribution in [0, 0.1) is 0 Å². The van der Waals surface area contributed by atoms with Gasteiger partial charge in [0, 0.05) is 20.1 Å². The van der Waals surface area contributed by atoms with E-state index in [1.807, 2.05) is 25.2 Å². The summed E-state index contributed by atoms with van der Waals surface area (Å²) in [6, 6.07) is 8.39. The molecule has 0 radical (unpaired) electrons. The number of nitrogens with zero attached hydrogens (tertiary/aromatic N) is 2. The Morgan fingerprint density at radius 3 is 2.88 bits per heavy atom. The van der Waals surface area contributed by atoms with Gasteiger partial charge in [-0.1, -0.05) is 12.1 Å². The van der Waals surface area contributed by atoms with Crippen LogP contribution in [-0.2, 0) is 7.05 Å². The Kier molecular flexibility index (Phi) is 3.22. The van der Waals surface area contributed by atoms with Crippen molar-refractivity contribution in [1.82, 2.24) is 14.9 Å². The normalized spacial score (nSPS) is 13.2. The number of aromatic nitrogens is 2. The van der Waals surface area contributed by atoms with Crippen molar-refractivity contribution in [2.45, 2.75) is 13.0 Å². The van der Waals surface area contributed by atoms with Crippen LogP contribution in [0.2, 0.25) is 0 Å². The Hall–Kier alpha value is -1.39. The first-order valence-electron chi connectivity index (χ1n) is 5.59. The lowest BCUT2D eigenvalue weighted by Gasteiger charge is -2.12. The summed E-state index contributed by atoms with van der Waals surface area (Å²) in [6.07, 6.45) is 0. The van der Waals surface area contributed by atoms with Gasteiger partial charge in [-0.25, -0.2) is 4.98 Å². The number of para-hydroxylation sites is 2.